The number of nitrogens with zero attached hydrogens (tertiary/aromatic N) is 2. The second kappa shape index (κ2) is 6.77. The Bertz CT molecular complexity index is 552. The van der Waals surface area contributed by atoms with Gasteiger partial charge in [0.1, 0.15) is 11.4 Å². The molecule has 1 atom stereocenters. The van der Waals surface area contributed by atoms with Gasteiger partial charge < -0.3 is 9.64 Å². The molecular weight excluding hydrogens is 348 g/mol. The lowest BCUT2D eigenvalue weighted by molar-refractivity contribution is -0.121. The second-order valence-electron chi connectivity index (χ2n) is 6.52. The highest BCUT2D eigenvalue weighted by Crippen LogP contribution is 2.21. The number of carbonyl (C=O) groups excluding carboxylic acids is 2. The minimum atomic E-state index is -0.513. The molecule has 0 aromatic carbocycles. The molecule has 1 fully saturated rings. The third-order valence-electron chi connectivity index (χ3n) is 3.44. The zero-order valence-corrected chi connectivity index (χ0v) is 14.7. The first kappa shape index (κ1) is 16.9. The van der Waals surface area contributed by atoms with Crippen LogP contribution in [0.3, 0.4) is 0 Å². The summed E-state index contributed by atoms with van der Waals surface area (Å²) in [7, 11) is 0. The molecule has 2 rings (SSSR count). The molecule has 120 valence electrons. The maximum atomic E-state index is 12.3. The average Bonchev–Trinajstić information content (AvgIpc) is 2.89. The van der Waals surface area contributed by atoms with Gasteiger partial charge in [0.25, 0.3) is 0 Å². The van der Waals surface area contributed by atoms with Crippen molar-refractivity contribution >= 4 is 27.8 Å². The summed E-state index contributed by atoms with van der Waals surface area (Å²) in [6, 6.07) is 3.71. The molecule has 1 aromatic rings. The average molecular weight is 369 g/mol. The van der Waals surface area contributed by atoms with Gasteiger partial charge in [-0.2, -0.15) is 0 Å². The Kier molecular flexibility index (Phi) is 5.21. The van der Waals surface area contributed by atoms with E-state index >= 15 is 0 Å². The Balaban J connectivity index is 1.88. The van der Waals surface area contributed by atoms with Gasteiger partial charge in [-0.15, -0.1) is 0 Å². The molecule has 1 aromatic heterocycles. The SMILES string of the molecule is CC(C)(C)OC(=O)N1CCC(C(=O)Cc2ccc(Br)cn2)C1. The first-order valence-corrected chi connectivity index (χ1v) is 8.15. The summed E-state index contributed by atoms with van der Waals surface area (Å²) in [5.41, 5.74) is 0.240. The molecule has 0 radical (unpaired) electrons. The van der Waals surface area contributed by atoms with Crippen molar-refractivity contribution in [3.05, 3.63) is 28.5 Å². The van der Waals surface area contributed by atoms with Crippen molar-refractivity contribution in [1.82, 2.24) is 9.88 Å². The van der Waals surface area contributed by atoms with E-state index in [2.05, 4.69) is 20.9 Å². The molecule has 1 aliphatic heterocycles. The van der Waals surface area contributed by atoms with E-state index in [0.717, 1.165) is 10.2 Å². The van der Waals surface area contributed by atoms with Crippen molar-refractivity contribution in [1.29, 1.82) is 0 Å². The number of hydrogen-bond donors (Lipinski definition) is 0. The fourth-order valence-electron chi connectivity index (χ4n) is 2.35. The summed E-state index contributed by atoms with van der Waals surface area (Å²) >= 11 is 3.32. The predicted octanol–water partition coefficient (Wildman–Crippen LogP) is 3.21. The molecule has 0 bridgehead atoms. The molecule has 1 amide bonds. The van der Waals surface area contributed by atoms with Crippen molar-refractivity contribution in [2.75, 3.05) is 13.1 Å². The minimum Gasteiger partial charge on any atom is -0.444 e. The number of aromatic nitrogens is 1. The fourth-order valence-corrected chi connectivity index (χ4v) is 2.58. The molecule has 0 spiro atoms. The zero-order valence-electron chi connectivity index (χ0n) is 13.1. The van der Waals surface area contributed by atoms with Gasteiger partial charge >= 0.3 is 6.09 Å². The minimum absolute atomic E-state index is 0.126. The van der Waals surface area contributed by atoms with Gasteiger partial charge in [-0.25, -0.2) is 4.79 Å². The first-order chi connectivity index (χ1) is 10.2. The van der Waals surface area contributed by atoms with E-state index in [1.54, 1.807) is 11.1 Å². The summed E-state index contributed by atoms with van der Waals surface area (Å²) in [5, 5.41) is 0. The number of likely N-dealkylation sites (tertiary alicyclic amines) is 1. The summed E-state index contributed by atoms with van der Waals surface area (Å²) in [4.78, 5) is 30.2. The lowest BCUT2D eigenvalue weighted by Gasteiger charge is -2.24. The maximum Gasteiger partial charge on any atom is 0.410 e. The number of hydrogen-bond acceptors (Lipinski definition) is 4. The van der Waals surface area contributed by atoms with Gasteiger partial charge in [-0.3, -0.25) is 9.78 Å². The topological polar surface area (TPSA) is 59.5 Å². The van der Waals surface area contributed by atoms with Crippen molar-refractivity contribution in [3.8, 4) is 0 Å². The molecule has 1 saturated heterocycles. The lowest BCUT2D eigenvalue weighted by atomic mass is 9.99. The summed E-state index contributed by atoms with van der Waals surface area (Å²) < 4.78 is 6.23. The van der Waals surface area contributed by atoms with E-state index in [1.165, 1.54) is 0 Å². The zero-order chi connectivity index (χ0) is 16.3. The maximum absolute atomic E-state index is 12.3. The molecule has 22 heavy (non-hydrogen) atoms. The van der Waals surface area contributed by atoms with Crippen molar-refractivity contribution in [3.63, 3.8) is 0 Å². The van der Waals surface area contributed by atoms with Gasteiger partial charge in [0.2, 0.25) is 0 Å². The van der Waals surface area contributed by atoms with Gasteiger partial charge in [0, 0.05) is 41.8 Å². The number of halogens is 1. The first-order valence-electron chi connectivity index (χ1n) is 7.35. The number of rotatable bonds is 3. The van der Waals surface area contributed by atoms with Crippen LogP contribution in [0.4, 0.5) is 4.79 Å². The normalized spacial score (nSPS) is 18.4. The quantitative estimate of drug-likeness (QED) is 0.821. The van der Waals surface area contributed by atoms with Crippen LogP contribution in [0.2, 0.25) is 0 Å². The van der Waals surface area contributed by atoms with Crippen LogP contribution >= 0.6 is 15.9 Å². The smallest absolute Gasteiger partial charge is 0.410 e. The lowest BCUT2D eigenvalue weighted by Crippen LogP contribution is -2.36. The van der Waals surface area contributed by atoms with Crippen LogP contribution in [0.1, 0.15) is 32.9 Å². The van der Waals surface area contributed by atoms with E-state index in [1.807, 2.05) is 32.9 Å². The molecule has 0 N–H and O–H groups in total. The monoisotopic (exact) mass is 368 g/mol. The van der Waals surface area contributed by atoms with E-state index in [9.17, 15) is 9.59 Å². The highest BCUT2D eigenvalue weighted by atomic mass is 79.9. The molecule has 6 heteroatoms. The third kappa shape index (κ3) is 4.80. The van der Waals surface area contributed by atoms with E-state index in [-0.39, 0.29) is 17.8 Å². The summed E-state index contributed by atoms with van der Waals surface area (Å²) in [5.74, 6) is -0.00107. The molecular formula is C16H21BrN2O3. The fraction of sp³-hybridized carbons (Fsp3) is 0.562. The predicted molar refractivity (Wildman–Crippen MR) is 86.6 cm³/mol. The van der Waals surface area contributed by atoms with Crippen LogP contribution < -0.4 is 0 Å². The van der Waals surface area contributed by atoms with E-state index in [0.29, 0.717) is 25.9 Å². The number of carbonyl (C=O) groups is 2. The van der Waals surface area contributed by atoms with E-state index < -0.39 is 5.60 Å². The van der Waals surface area contributed by atoms with Crippen LogP contribution in [-0.2, 0) is 16.0 Å². The van der Waals surface area contributed by atoms with Crippen LogP contribution in [0, 0.1) is 5.92 Å². The van der Waals surface area contributed by atoms with Crippen LogP contribution in [-0.4, -0.2) is 40.5 Å². The van der Waals surface area contributed by atoms with Crippen LogP contribution in [0.5, 0.6) is 0 Å². The van der Waals surface area contributed by atoms with Crippen molar-refractivity contribution in [2.24, 2.45) is 5.92 Å². The Labute approximate surface area is 139 Å². The largest absolute Gasteiger partial charge is 0.444 e. The van der Waals surface area contributed by atoms with E-state index in [4.69, 9.17) is 4.74 Å². The third-order valence-corrected chi connectivity index (χ3v) is 3.91. The Morgan fingerprint density at radius 2 is 2.14 bits per heavy atom. The molecule has 1 unspecified atom stereocenters. The van der Waals surface area contributed by atoms with Gasteiger partial charge in [0.15, 0.2) is 0 Å². The van der Waals surface area contributed by atoms with Crippen LogP contribution in [0.25, 0.3) is 0 Å². The highest BCUT2D eigenvalue weighted by Gasteiger charge is 2.33. The van der Waals surface area contributed by atoms with Gasteiger partial charge in [-0.1, -0.05) is 0 Å². The molecule has 0 aliphatic carbocycles. The number of ether oxygens (including phenoxy) is 1. The molecule has 2 heterocycles. The highest BCUT2D eigenvalue weighted by molar-refractivity contribution is 9.10. The van der Waals surface area contributed by atoms with Crippen molar-refractivity contribution < 1.29 is 14.3 Å². The van der Waals surface area contributed by atoms with Crippen LogP contribution in [0.15, 0.2) is 22.8 Å². The molecule has 0 saturated carbocycles. The number of pyridine rings is 1. The van der Waals surface area contributed by atoms with Crippen molar-refractivity contribution in [2.45, 2.75) is 39.2 Å². The molecule has 1 aliphatic rings. The summed E-state index contributed by atoms with van der Waals surface area (Å²) in [6.45, 7) is 6.51. The van der Waals surface area contributed by atoms with Gasteiger partial charge in [0.05, 0.1) is 0 Å². The second-order valence-corrected chi connectivity index (χ2v) is 7.44. The Morgan fingerprint density at radius 1 is 1.41 bits per heavy atom. The number of amides is 1. The number of Topliss-reactive ketones (excluding diaryl/α,β-unsaturated/α-hetero) is 1. The molecule has 5 nitrogen and oxygen atoms in total. The number of ketones is 1. The standard InChI is InChI=1S/C16H21BrN2O3/c1-16(2,3)22-15(21)19-7-6-11(10-19)14(20)8-13-5-4-12(17)9-18-13/h4-5,9,11H,6-8,10H2,1-3H3. The van der Waals surface area contributed by atoms with Gasteiger partial charge in [-0.05, 0) is 55.3 Å². The summed E-state index contributed by atoms with van der Waals surface area (Å²) in [6.07, 6.45) is 2.34. The Hall–Kier alpha value is -1.43. The Morgan fingerprint density at radius 3 is 2.73 bits per heavy atom.